The number of nitrogens with one attached hydrogen (secondary N) is 1. The van der Waals surface area contributed by atoms with Crippen LogP contribution in [0.4, 0.5) is 24.5 Å². The van der Waals surface area contributed by atoms with E-state index < -0.39 is 17.6 Å². The Morgan fingerprint density at radius 1 is 1.25 bits per heavy atom. The standard InChI is InChI=1S/C17H22F3N3O/c1-3-4-5-16(24)21-15-7-6-13(12-14(15)17(18,19)20)23-10-8-22(2)9-11-23/h4-7,12H,3,8-11H2,1-2H3,(H,21,24)/b5-4-. The molecule has 0 unspecified atom stereocenters. The number of amides is 1. The van der Waals surface area contributed by atoms with Gasteiger partial charge in [0.2, 0.25) is 5.91 Å². The Labute approximate surface area is 139 Å². The summed E-state index contributed by atoms with van der Waals surface area (Å²) in [7, 11) is 1.99. The third-order valence-electron chi connectivity index (χ3n) is 3.94. The van der Waals surface area contributed by atoms with E-state index in [1.807, 2.05) is 18.9 Å². The van der Waals surface area contributed by atoms with Crippen LogP contribution < -0.4 is 10.2 Å². The van der Waals surface area contributed by atoms with Gasteiger partial charge in [0.25, 0.3) is 0 Å². The van der Waals surface area contributed by atoms with Crippen molar-refractivity contribution < 1.29 is 18.0 Å². The number of allylic oxidation sites excluding steroid dienone is 1. The van der Waals surface area contributed by atoms with Crippen LogP contribution in [0.15, 0.2) is 30.4 Å². The molecule has 0 aliphatic carbocycles. The number of carbonyl (C=O) groups is 1. The predicted molar refractivity (Wildman–Crippen MR) is 89.2 cm³/mol. The first kappa shape index (κ1) is 18.3. The first-order chi connectivity index (χ1) is 11.3. The van der Waals surface area contributed by atoms with Gasteiger partial charge in [-0.05, 0) is 37.7 Å². The normalized spacial score (nSPS) is 16.6. The molecule has 1 aliphatic rings. The number of hydrogen-bond donors (Lipinski definition) is 1. The van der Waals surface area contributed by atoms with Gasteiger partial charge >= 0.3 is 6.18 Å². The van der Waals surface area contributed by atoms with E-state index in [1.165, 1.54) is 12.1 Å². The molecule has 0 aromatic heterocycles. The lowest BCUT2D eigenvalue weighted by atomic mass is 10.1. The zero-order chi connectivity index (χ0) is 17.7. The van der Waals surface area contributed by atoms with E-state index in [-0.39, 0.29) is 5.69 Å². The Bertz CT molecular complexity index is 606. The summed E-state index contributed by atoms with van der Waals surface area (Å²) < 4.78 is 40.1. The van der Waals surface area contributed by atoms with E-state index in [0.29, 0.717) is 25.2 Å². The van der Waals surface area contributed by atoms with Gasteiger partial charge in [0, 0.05) is 31.9 Å². The van der Waals surface area contributed by atoms with E-state index in [1.54, 1.807) is 12.1 Å². The van der Waals surface area contributed by atoms with Gasteiger partial charge in [-0.3, -0.25) is 4.79 Å². The van der Waals surface area contributed by atoms with E-state index >= 15 is 0 Å². The average molecular weight is 341 g/mol. The third-order valence-corrected chi connectivity index (χ3v) is 3.94. The fraction of sp³-hybridized carbons (Fsp3) is 0.471. The topological polar surface area (TPSA) is 35.6 Å². The summed E-state index contributed by atoms with van der Waals surface area (Å²) in [6.07, 6.45) is -1.04. The Morgan fingerprint density at radius 2 is 1.92 bits per heavy atom. The maximum Gasteiger partial charge on any atom is 0.418 e. The Hall–Kier alpha value is -2.02. The minimum absolute atomic E-state index is 0.217. The van der Waals surface area contributed by atoms with Gasteiger partial charge in [0.15, 0.2) is 0 Å². The number of nitrogens with zero attached hydrogens (tertiary/aromatic N) is 2. The zero-order valence-corrected chi connectivity index (χ0v) is 13.9. The van der Waals surface area contributed by atoms with Crippen LogP contribution in [0.2, 0.25) is 0 Å². The molecule has 132 valence electrons. The van der Waals surface area contributed by atoms with Crippen molar-refractivity contribution in [1.29, 1.82) is 0 Å². The Balaban J connectivity index is 2.25. The summed E-state index contributed by atoms with van der Waals surface area (Å²) in [4.78, 5) is 15.8. The van der Waals surface area contributed by atoms with Gasteiger partial charge < -0.3 is 15.1 Å². The molecule has 1 saturated heterocycles. The van der Waals surface area contributed by atoms with E-state index in [9.17, 15) is 18.0 Å². The summed E-state index contributed by atoms with van der Waals surface area (Å²) in [5, 5.41) is 2.32. The van der Waals surface area contributed by atoms with Crippen LogP contribution in [0.25, 0.3) is 0 Å². The van der Waals surface area contributed by atoms with Gasteiger partial charge in [-0.15, -0.1) is 0 Å². The smallest absolute Gasteiger partial charge is 0.369 e. The largest absolute Gasteiger partial charge is 0.418 e. The first-order valence-corrected chi connectivity index (χ1v) is 7.93. The number of anilines is 2. The van der Waals surface area contributed by atoms with Gasteiger partial charge in [-0.2, -0.15) is 13.2 Å². The molecule has 24 heavy (non-hydrogen) atoms. The highest BCUT2D eigenvalue weighted by Gasteiger charge is 2.34. The quantitative estimate of drug-likeness (QED) is 0.853. The molecule has 1 amide bonds. The monoisotopic (exact) mass is 341 g/mol. The second kappa shape index (κ2) is 7.70. The van der Waals surface area contributed by atoms with Crippen LogP contribution in [0.5, 0.6) is 0 Å². The Kier molecular flexibility index (Phi) is 5.88. The molecule has 1 aromatic rings. The minimum Gasteiger partial charge on any atom is -0.369 e. The minimum atomic E-state index is -4.53. The van der Waals surface area contributed by atoms with Crippen molar-refractivity contribution in [3.8, 4) is 0 Å². The number of carbonyl (C=O) groups excluding carboxylic acids is 1. The fourth-order valence-electron chi connectivity index (χ4n) is 2.54. The average Bonchev–Trinajstić information content (AvgIpc) is 2.53. The van der Waals surface area contributed by atoms with E-state index in [0.717, 1.165) is 19.2 Å². The molecular formula is C17H22F3N3O. The maximum absolute atomic E-state index is 13.4. The summed E-state index contributed by atoms with van der Waals surface area (Å²) >= 11 is 0. The number of piperazine rings is 1. The van der Waals surface area contributed by atoms with Crippen molar-refractivity contribution in [2.75, 3.05) is 43.4 Å². The molecule has 1 N–H and O–H groups in total. The number of rotatable bonds is 4. The fourth-order valence-corrected chi connectivity index (χ4v) is 2.54. The van der Waals surface area contributed by atoms with Crippen LogP contribution in [0.3, 0.4) is 0 Å². The van der Waals surface area contributed by atoms with E-state index in [2.05, 4.69) is 10.2 Å². The summed E-state index contributed by atoms with van der Waals surface area (Å²) in [5.41, 5.74) is -0.513. The van der Waals surface area contributed by atoms with Crippen molar-refractivity contribution in [2.24, 2.45) is 0 Å². The molecule has 0 spiro atoms. The number of hydrogen-bond acceptors (Lipinski definition) is 3. The van der Waals surface area contributed by atoms with Gasteiger partial charge in [0.1, 0.15) is 0 Å². The predicted octanol–water partition coefficient (Wildman–Crippen LogP) is 3.36. The van der Waals surface area contributed by atoms with E-state index in [4.69, 9.17) is 0 Å². The third kappa shape index (κ3) is 4.74. The number of halogens is 3. The molecule has 7 heteroatoms. The zero-order valence-electron chi connectivity index (χ0n) is 13.9. The summed E-state index contributed by atoms with van der Waals surface area (Å²) in [6.45, 7) is 4.82. The summed E-state index contributed by atoms with van der Waals surface area (Å²) in [6, 6.07) is 4.07. The lowest BCUT2D eigenvalue weighted by Gasteiger charge is -2.34. The van der Waals surface area contributed by atoms with Gasteiger partial charge in [-0.25, -0.2) is 0 Å². The maximum atomic E-state index is 13.4. The molecule has 1 heterocycles. The molecular weight excluding hydrogens is 319 g/mol. The van der Waals surface area contributed by atoms with Crippen LogP contribution in [0.1, 0.15) is 18.9 Å². The van der Waals surface area contributed by atoms with Crippen molar-refractivity contribution >= 4 is 17.3 Å². The highest BCUT2D eigenvalue weighted by Crippen LogP contribution is 2.37. The number of likely N-dealkylation sites (N-methyl/N-ethyl adjacent to an activating group) is 1. The number of alkyl halides is 3. The van der Waals surface area contributed by atoms with Crippen molar-refractivity contribution in [1.82, 2.24) is 4.90 Å². The number of benzene rings is 1. The molecule has 1 fully saturated rings. The highest BCUT2D eigenvalue weighted by atomic mass is 19.4. The van der Waals surface area contributed by atoms with Gasteiger partial charge in [-0.1, -0.05) is 13.0 Å². The molecule has 0 saturated carbocycles. The lowest BCUT2D eigenvalue weighted by Crippen LogP contribution is -2.44. The van der Waals surface area contributed by atoms with Crippen LogP contribution in [-0.4, -0.2) is 44.0 Å². The van der Waals surface area contributed by atoms with Gasteiger partial charge in [0.05, 0.1) is 11.3 Å². The molecule has 1 aliphatic heterocycles. The SMILES string of the molecule is CC/C=C\C(=O)Nc1ccc(N2CCN(C)CC2)cc1C(F)(F)F. The van der Waals surface area contributed by atoms with Crippen LogP contribution >= 0.6 is 0 Å². The Morgan fingerprint density at radius 3 is 2.50 bits per heavy atom. The molecule has 0 bridgehead atoms. The molecule has 1 aromatic carbocycles. The second-order valence-corrected chi connectivity index (χ2v) is 5.82. The highest BCUT2D eigenvalue weighted by molar-refractivity contribution is 6.00. The second-order valence-electron chi connectivity index (χ2n) is 5.82. The molecule has 2 rings (SSSR count). The van der Waals surface area contributed by atoms with Crippen molar-refractivity contribution in [2.45, 2.75) is 19.5 Å². The van der Waals surface area contributed by atoms with Crippen molar-refractivity contribution in [3.05, 3.63) is 35.9 Å². The molecule has 0 radical (unpaired) electrons. The lowest BCUT2D eigenvalue weighted by molar-refractivity contribution is -0.136. The molecule has 4 nitrogen and oxygen atoms in total. The summed E-state index contributed by atoms with van der Waals surface area (Å²) in [5.74, 6) is -0.560. The van der Waals surface area contributed by atoms with Crippen LogP contribution in [0, 0.1) is 0 Å². The molecule has 0 atom stereocenters. The van der Waals surface area contributed by atoms with Crippen molar-refractivity contribution in [3.63, 3.8) is 0 Å². The van der Waals surface area contributed by atoms with Crippen LogP contribution in [-0.2, 0) is 11.0 Å². The first-order valence-electron chi connectivity index (χ1n) is 7.93.